The molecule has 2 aromatic carbocycles. The van der Waals surface area contributed by atoms with E-state index in [4.69, 9.17) is 41.8 Å². The Morgan fingerprint density at radius 2 is 1.43 bits per heavy atom. The Balaban J connectivity index is 1.08. The number of hydrogen-bond acceptors (Lipinski definition) is 19. The summed E-state index contributed by atoms with van der Waals surface area (Å²) in [6.45, 7) is 7.27. The maximum absolute atomic E-state index is 17.1. The second-order valence-corrected chi connectivity index (χ2v) is 21.2. The molecule has 2 fully saturated rings. The standard InChI is InChI=1S/C47H58FN7O19P2/c1-29-26-35(70-41(29)54-22-20-30(2)49-45(54)61)27-68-75(64,73-33-14-8-6-9-15-33)52-31(3)43(60)67-25-13-19-39(58)72-40-36(71-44(47(40,5)48)55-23-21-37(56)50-46(55)62)28-69-76(65,74-34-16-10-7-11-17-34)53-32(4)42(59)66-24-12-18-38(57)51-63/h6-11,14-17,20-23,29,31-32,35-36,40-41,44H,2,12-13,18-19,24-28H2,1,3-5H3,(H,49,61)(H,52,64)(H,53,65)(H,50,56,62)/t29-,31-,32-,35-,36+,40+,41+,44+,47+,75?,76?/m0/s1. The van der Waals surface area contributed by atoms with Gasteiger partial charge in [0, 0.05) is 48.1 Å². The minimum atomic E-state index is -4.70. The highest BCUT2D eigenvalue weighted by Gasteiger charge is 2.59. The number of ether oxygens (including phenoxy) is 5. The Morgan fingerprint density at radius 3 is 1.99 bits per heavy atom. The largest absolute Gasteiger partial charge is 0.465 e. The van der Waals surface area contributed by atoms with Crippen LogP contribution in [0.3, 0.4) is 0 Å². The fourth-order valence-corrected chi connectivity index (χ4v) is 10.8. The Labute approximate surface area is 434 Å². The van der Waals surface area contributed by atoms with Crippen LogP contribution in [0.5, 0.6) is 11.5 Å². The zero-order valence-corrected chi connectivity index (χ0v) is 43.4. The van der Waals surface area contributed by atoms with Crippen molar-refractivity contribution in [3.05, 3.63) is 123 Å². The van der Waals surface area contributed by atoms with E-state index in [2.05, 4.69) is 27.2 Å². The van der Waals surface area contributed by atoms with Crippen molar-refractivity contribution in [1.29, 1.82) is 0 Å². The van der Waals surface area contributed by atoms with Crippen molar-refractivity contribution in [2.45, 2.75) is 108 Å². The number of carbonyl (C=O) groups is 5. The van der Waals surface area contributed by atoms with Gasteiger partial charge in [0.25, 0.3) is 11.5 Å². The first-order valence-corrected chi connectivity index (χ1v) is 26.9. The van der Waals surface area contributed by atoms with Crippen LogP contribution in [0, 0.1) is 10.8 Å². The Hall–Kier alpha value is -6.70. The first-order valence-electron chi connectivity index (χ1n) is 23.8. The normalized spacial score (nSPS) is 24.5. The number of carbonyl (C=O) groups excluding carboxylic acids is 5. The molecule has 3 aromatic rings. The minimum absolute atomic E-state index is 0.00852. The molecule has 2 unspecified atom stereocenters. The third-order valence-corrected chi connectivity index (χ3v) is 14.8. The van der Waals surface area contributed by atoms with Crippen LogP contribution in [0.4, 0.5) is 9.18 Å². The number of nitrogens with zero attached hydrogens (tertiary/aromatic N) is 3. The fraction of sp³-hybridized carbons (Fsp3) is 0.468. The lowest BCUT2D eigenvalue weighted by Crippen LogP contribution is -2.46. The van der Waals surface area contributed by atoms with Gasteiger partial charge in [-0.15, -0.1) is 4.91 Å². The summed E-state index contributed by atoms with van der Waals surface area (Å²) < 4.78 is 97.3. The lowest BCUT2D eigenvalue weighted by molar-refractivity contribution is -0.159. The molecule has 3 amide bonds. The van der Waals surface area contributed by atoms with Gasteiger partial charge < -0.3 is 38.0 Å². The van der Waals surface area contributed by atoms with Gasteiger partial charge in [0.1, 0.15) is 35.9 Å². The van der Waals surface area contributed by atoms with Gasteiger partial charge in [-0.05, 0) is 70.4 Å². The number of aromatic amines is 1. The molecule has 412 valence electrons. The number of hydrogen-bond donors (Lipinski definition) is 4. The van der Waals surface area contributed by atoms with Gasteiger partial charge >= 0.3 is 45.1 Å². The molecule has 0 radical (unpaired) electrons. The Kier molecular flexibility index (Phi) is 20.3. The lowest BCUT2D eigenvalue weighted by Gasteiger charge is -2.30. The number of esters is 3. The number of urea groups is 1. The summed E-state index contributed by atoms with van der Waals surface area (Å²) >= 11 is 0. The molecular formula is C47H58FN7O19P2. The van der Waals surface area contributed by atoms with Crippen molar-refractivity contribution in [3.63, 3.8) is 0 Å². The Bertz CT molecular complexity index is 2820. The van der Waals surface area contributed by atoms with E-state index in [1.54, 1.807) is 48.7 Å². The highest BCUT2D eigenvalue weighted by atomic mass is 31.2. The smallest absolute Gasteiger partial charge is 0.459 e. The van der Waals surface area contributed by atoms with E-state index < -0.39 is 125 Å². The van der Waals surface area contributed by atoms with E-state index in [1.165, 1.54) is 43.0 Å². The number of nitroso groups, excluding NO2 is 1. The summed E-state index contributed by atoms with van der Waals surface area (Å²) in [5, 5.41) is 9.87. The molecule has 29 heteroatoms. The molecule has 3 aliphatic heterocycles. The number of aromatic nitrogens is 2. The van der Waals surface area contributed by atoms with E-state index in [1.807, 2.05) is 11.9 Å². The number of halogens is 1. The predicted molar refractivity (Wildman–Crippen MR) is 263 cm³/mol. The van der Waals surface area contributed by atoms with Crippen LogP contribution in [0.25, 0.3) is 0 Å². The first kappa shape index (κ1) is 58.6. The third-order valence-electron chi connectivity index (χ3n) is 11.5. The highest BCUT2D eigenvalue weighted by molar-refractivity contribution is 7.52. The van der Waals surface area contributed by atoms with Gasteiger partial charge in [-0.25, -0.2) is 23.1 Å². The minimum Gasteiger partial charge on any atom is -0.465 e. The SMILES string of the molecule is C=C1C=CN([C@@H]2O[C@H](COP(=O)(N[C@@H](C)C(=O)OCCCC(=O)O[C@@H]3[C@@H](COP(=O)(N[C@@H](C)C(=O)OCCCC(=O)N=O)Oc4ccccc4)O[C@@H](n4ccc(=O)[nH]c4=O)[C@]3(C)F)Oc3ccccc3)C[C@@H]2C)C(=O)N1. The molecule has 11 atom stereocenters. The van der Waals surface area contributed by atoms with E-state index in [9.17, 15) is 47.6 Å². The molecule has 2 saturated heterocycles. The van der Waals surface area contributed by atoms with Crippen molar-refractivity contribution in [2.24, 2.45) is 11.1 Å². The molecule has 3 aliphatic rings. The van der Waals surface area contributed by atoms with Crippen LogP contribution in [0.2, 0.25) is 0 Å². The second-order valence-electron chi connectivity index (χ2n) is 17.8. The summed E-state index contributed by atoms with van der Waals surface area (Å²) in [6, 6.07) is 13.3. The summed E-state index contributed by atoms with van der Waals surface area (Å²) in [4.78, 5) is 102. The van der Waals surface area contributed by atoms with Gasteiger partial charge in [-0.2, -0.15) is 10.2 Å². The van der Waals surface area contributed by atoms with Crippen LogP contribution in [0.15, 0.2) is 112 Å². The maximum atomic E-state index is 17.1. The van der Waals surface area contributed by atoms with Gasteiger partial charge in [-0.3, -0.25) is 47.5 Å². The zero-order chi connectivity index (χ0) is 55.2. The summed E-state index contributed by atoms with van der Waals surface area (Å²) in [6.07, 6.45) is -3.25. The van der Waals surface area contributed by atoms with Gasteiger partial charge in [-0.1, -0.05) is 49.9 Å². The average molecular weight is 1110 g/mol. The van der Waals surface area contributed by atoms with Crippen molar-refractivity contribution in [3.8, 4) is 11.5 Å². The molecule has 1 aromatic heterocycles. The summed E-state index contributed by atoms with van der Waals surface area (Å²) in [5.74, 6) is -3.93. The molecule has 0 spiro atoms. The zero-order valence-electron chi connectivity index (χ0n) is 41.6. The number of rotatable bonds is 27. The van der Waals surface area contributed by atoms with Crippen LogP contribution >= 0.6 is 15.5 Å². The second kappa shape index (κ2) is 26.4. The maximum Gasteiger partial charge on any atom is 0.459 e. The van der Waals surface area contributed by atoms with Crippen molar-refractivity contribution in [2.75, 3.05) is 26.4 Å². The number of nitrogens with one attached hydrogen (secondary N) is 4. The van der Waals surface area contributed by atoms with Crippen LogP contribution in [-0.2, 0) is 61.0 Å². The average Bonchev–Trinajstić information content (AvgIpc) is 3.89. The van der Waals surface area contributed by atoms with E-state index in [0.29, 0.717) is 16.7 Å². The topological polar surface area (TPSA) is 326 Å². The molecule has 0 bridgehead atoms. The number of H-pyrrole nitrogens is 1. The molecule has 0 aliphatic carbocycles. The van der Waals surface area contributed by atoms with E-state index in [-0.39, 0.29) is 49.9 Å². The molecule has 0 saturated carbocycles. The molecular weight excluding hydrogens is 1050 g/mol. The molecule has 4 heterocycles. The van der Waals surface area contributed by atoms with Crippen LogP contribution < -0.4 is 35.8 Å². The number of amides is 3. The molecule has 6 rings (SSSR count). The van der Waals surface area contributed by atoms with E-state index >= 15 is 4.39 Å². The number of para-hydroxylation sites is 2. The summed E-state index contributed by atoms with van der Waals surface area (Å²) in [7, 11) is -9.06. The van der Waals surface area contributed by atoms with Gasteiger partial charge in [0.15, 0.2) is 18.0 Å². The third kappa shape index (κ3) is 16.2. The van der Waals surface area contributed by atoms with Gasteiger partial charge in [0.05, 0.1) is 32.5 Å². The Morgan fingerprint density at radius 1 is 0.868 bits per heavy atom. The highest BCUT2D eigenvalue weighted by Crippen LogP contribution is 2.49. The quantitative estimate of drug-likeness (QED) is 0.0251. The van der Waals surface area contributed by atoms with Crippen LogP contribution in [0.1, 0.15) is 66.0 Å². The molecule has 4 N–H and O–H groups in total. The number of alkyl halides is 1. The summed E-state index contributed by atoms with van der Waals surface area (Å²) in [5.41, 5.74) is -4.25. The van der Waals surface area contributed by atoms with E-state index in [0.717, 1.165) is 19.2 Å². The van der Waals surface area contributed by atoms with Crippen molar-refractivity contribution in [1.82, 2.24) is 29.9 Å². The first-order chi connectivity index (χ1) is 36.1. The van der Waals surface area contributed by atoms with Gasteiger partial charge in [0.2, 0.25) is 0 Å². The predicted octanol–water partition coefficient (Wildman–Crippen LogP) is 5.18. The van der Waals surface area contributed by atoms with Crippen LogP contribution in [-0.4, -0.2) is 113 Å². The fourth-order valence-electron chi connectivity index (χ4n) is 7.82. The van der Waals surface area contributed by atoms with Crippen molar-refractivity contribution >= 4 is 45.3 Å². The molecule has 26 nitrogen and oxygen atoms in total. The number of allylic oxidation sites excluding steroid dienone is 1. The monoisotopic (exact) mass is 1110 g/mol. The van der Waals surface area contributed by atoms with Crippen molar-refractivity contribution < 1.29 is 79.3 Å². The lowest BCUT2D eigenvalue weighted by atomic mass is 9.98. The number of benzene rings is 2. The molecule has 76 heavy (non-hydrogen) atoms.